The Morgan fingerprint density at radius 3 is 1.83 bits per heavy atom. The Hall–Kier alpha value is 0.0500. The number of carbonyl (C=O) groups excluding carboxylic acids is 1. The van der Waals surface area contributed by atoms with Crippen molar-refractivity contribution in [2.24, 2.45) is 0 Å². The van der Waals surface area contributed by atoms with E-state index in [1.165, 1.54) is 0 Å². The average Bonchev–Trinajstić information content (AvgIpc) is 1.36. The van der Waals surface area contributed by atoms with Crippen LogP contribution in [-0.2, 0) is 4.79 Å². The van der Waals surface area contributed by atoms with Crippen LogP contribution < -0.4 is 5.11 Å². The van der Waals surface area contributed by atoms with Crippen LogP contribution in [0.4, 0.5) is 0 Å². The topological polar surface area (TPSA) is 40.1 Å². The van der Waals surface area contributed by atoms with Gasteiger partial charge in [-0.15, -0.1) is 0 Å². The largest absolute Gasteiger partial charge is 0.547 e. The first-order chi connectivity index (χ1) is 2.64. The van der Waals surface area contributed by atoms with Crippen LogP contribution in [0.2, 0.25) is 0 Å². The van der Waals surface area contributed by atoms with E-state index < -0.39 is 10.8 Å². The number of alkyl halides is 2. The molecule has 0 spiro atoms. The summed E-state index contributed by atoms with van der Waals surface area (Å²) in [5, 5.41) is 9.32. The van der Waals surface area contributed by atoms with Gasteiger partial charge in [0, 0.05) is 0 Å². The summed E-state index contributed by atoms with van der Waals surface area (Å²) in [5.41, 5.74) is 0. The molecule has 0 unspecified atom stereocenters. The van der Waals surface area contributed by atoms with Crippen LogP contribution in [0.1, 0.15) is 0 Å². The van der Waals surface area contributed by atoms with Crippen molar-refractivity contribution in [3.8, 4) is 0 Å². The van der Waals surface area contributed by atoms with E-state index in [0.717, 1.165) is 0 Å². The molecule has 0 rings (SSSR count). The number of hydrogen-bond acceptors (Lipinski definition) is 2. The zero-order chi connectivity index (χ0) is 5.15. The molecule has 36 valence electrons. The Labute approximate surface area is 44.7 Å². The second-order valence-electron chi connectivity index (χ2n) is 0.620. The molecule has 0 saturated heterocycles. The van der Waals surface area contributed by atoms with Gasteiger partial charge in [-0.05, 0) is 0 Å². The molecule has 0 radical (unpaired) electrons. The van der Waals surface area contributed by atoms with Crippen LogP contribution in [0.15, 0.2) is 0 Å². The first kappa shape index (κ1) is 6.05. The molecular formula is C2HCl2O2-. The lowest BCUT2D eigenvalue weighted by Gasteiger charge is -1.96. The zero-order valence-corrected chi connectivity index (χ0v) is 4.16. The molecule has 0 bridgehead atoms. The van der Waals surface area contributed by atoms with E-state index in [9.17, 15) is 9.90 Å². The van der Waals surface area contributed by atoms with Crippen molar-refractivity contribution < 1.29 is 9.90 Å². The second kappa shape index (κ2) is 2.26. The number of hydrogen-bond donors (Lipinski definition) is 0. The van der Waals surface area contributed by atoms with Crippen LogP contribution >= 0.6 is 23.2 Å². The highest BCUT2D eigenvalue weighted by molar-refractivity contribution is 6.52. The van der Waals surface area contributed by atoms with E-state index in [-0.39, 0.29) is 0 Å². The van der Waals surface area contributed by atoms with Crippen LogP contribution in [0, 0.1) is 0 Å². The van der Waals surface area contributed by atoms with E-state index in [1.54, 1.807) is 0 Å². The highest BCUT2D eigenvalue weighted by Gasteiger charge is 1.93. The fourth-order valence-corrected chi connectivity index (χ4v) is 0. The van der Waals surface area contributed by atoms with Gasteiger partial charge < -0.3 is 9.90 Å². The lowest BCUT2D eigenvalue weighted by Crippen LogP contribution is -2.28. The van der Waals surface area contributed by atoms with Crippen LogP contribution in [0.25, 0.3) is 0 Å². The minimum atomic E-state index is -1.46. The molecule has 2 nitrogen and oxygen atoms in total. The third-order valence-corrected chi connectivity index (χ3v) is 0.535. The molecule has 4 heteroatoms. The Balaban J connectivity index is 3.26. The van der Waals surface area contributed by atoms with Crippen LogP contribution in [0.3, 0.4) is 0 Å². The Bertz CT molecular complexity index is 60.6. The van der Waals surface area contributed by atoms with Gasteiger partial charge in [-0.1, -0.05) is 23.2 Å². The minimum absolute atomic E-state index is 1.40. The van der Waals surface area contributed by atoms with Crippen molar-refractivity contribution >= 4 is 29.2 Å². The molecule has 0 aliphatic heterocycles. The van der Waals surface area contributed by atoms with Gasteiger partial charge >= 0.3 is 0 Å². The monoisotopic (exact) mass is 127 g/mol. The van der Waals surface area contributed by atoms with Crippen molar-refractivity contribution in [1.29, 1.82) is 0 Å². The summed E-state index contributed by atoms with van der Waals surface area (Å²) in [7, 11) is 0. The maximum absolute atomic E-state index is 9.32. The van der Waals surface area contributed by atoms with Crippen molar-refractivity contribution in [3.05, 3.63) is 0 Å². The molecule has 0 fully saturated rings. The molecule has 0 aromatic rings. The summed E-state index contributed by atoms with van der Waals surface area (Å²) in [4.78, 5) is 7.93. The van der Waals surface area contributed by atoms with Crippen molar-refractivity contribution in [2.75, 3.05) is 0 Å². The maximum atomic E-state index is 9.32. The van der Waals surface area contributed by atoms with Gasteiger partial charge in [-0.25, -0.2) is 0 Å². The molecule has 6 heavy (non-hydrogen) atoms. The first-order valence-electron chi connectivity index (χ1n) is 1.13. The van der Waals surface area contributed by atoms with E-state index in [1.807, 2.05) is 0 Å². The van der Waals surface area contributed by atoms with Crippen molar-refractivity contribution in [1.82, 2.24) is 0 Å². The average molecular weight is 128 g/mol. The summed E-state index contributed by atoms with van der Waals surface area (Å²) in [6.07, 6.45) is 0. The summed E-state index contributed by atoms with van der Waals surface area (Å²) in [6.45, 7) is 0. The van der Waals surface area contributed by atoms with Gasteiger partial charge in [0.25, 0.3) is 0 Å². The van der Waals surface area contributed by atoms with Gasteiger partial charge in [-0.2, -0.15) is 0 Å². The van der Waals surface area contributed by atoms with Crippen molar-refractivity contribution in [2.45, 2.75) is 4.84 Å². The number of carbonyl (C=O) groups is 1. The first-order valence-corrected chi connectivity index (χ1v) is 2.01. The maximum Gasteiger partial charge on any atom is 0.146 e. The van der Waals surface area contributed by atoms with Crippen LogP contribution in [-0.4, -0.2) is 10.8 Å². The number of carboxylic acids is 1. The summed E-state index contributed by atoms with van der Waals surface area (Å²) < 4.78 is 0. The zero-order valence-electron chi connectivity index (χ0n) is 2.65. The molecule has 0 aromatic carbocycles. The SMILES string of the molecule is O=C([O-])C(Cl)Cl. The predicted molar refractivity (Wildman–Crippen MR) is 20.5 cm³/mol. The molecule has 0 saturated carbocycles. The van der Waals surface area contributed by atoms with E-state index in [2.05, 4.69) is 0 Å². The van der Waals surface area contributed by atoms with Gasteiger partial charge in [0.1, 0.15) is 4.84 Å². The number of halogens is 2. The fraction of sp³-hybridized carbons (Fsp3) is 0.500. The van der Waals surface area contributed by atoms with Gasteiger partial charge in [0.15, 0.2) is 0 Å². The second-order valence-corrected chi connectivity index (χ2v) is 1.72. The minimum Gasteiger partial charge on any atom is -0.547 e. The van der Waals surface area contributed by atoms with E-state index in [0.29, 0.717) is 0 Å². The Kier molecular flexibility index (Phi) is 2.28. The lowest BCUT2D eigenvalue weighted by molar-refractivity contribution is -0.302. The van der Waals surface area contributed by atoms with Crippen LogP contribution in [0.5, 0.6) is 0 Å². The number of aliphatic carboxylic acids is 1. The normalized spacial score (nSPS) is 9.17. The van der Waals surface area contributed by atoms with Gasteiger partial charge in [0.05, 0.1) is 5.97 Å². The third-order valence-electron chi connectivity index (χ3n) is 0.178. The molecular weight excluding hydrogens is 127 g/mol. The summed E-state index contributed by atoms with van der Waals surface area (Å²) >= 11 is 9.43. The Morgan fingerprint density at radius 1 is 1.67 bits per heavy atom. The lowest BCUT2D eigenvalue weighted by atomic mass is 10.8. The smallest absolute Gasteiger partial charge is 0.146 e. The standard InChI is InChI=1S/C2H2Cl2O2/c3-1(4)2(5)6/h1H,(H,5,6)/p-1. The highest BCUT2D eigenvalue weighted by Crippen LogP contribution is 1.96. The molecule has 0 aliphatic rings. The Morgan fingerprint density at radius 2 is 1.83 bits per heavy atom. The van der Waals surface area contributed by atoms with E-state index >= 15 is 0 Å². The number of rotatable bonds is 1. The molecule has 0 atom stereocenters. The van der Waals surface area contributed by atoms with E-state index in [4.69, 9.17) is 23.2 Å². The highest BCUT2D eigenvalue weighted by atomic mass is 35.5. The van der Waals surface area contributed by atoms with Gasteiger partial charge in [0.2, 0.25) is 0 Å². The quantitative estimate of drug-likeness (QED) is 0.448. The van der Waals surface area contributed by atoms with Gasteiger partial charge in [-0.3, -0.25) is 0 Å². The molecule has 0 N–H and O–H groups in total. The fourth-order valence-electron chi connectivity index (χ4n) is 0. The summed E-state index contributed by atoms with van der Waals surface area (Å²) in [6, 6.07) is 0. The molecule has 0 heterocycles. The molecule has 0 amide bonds. The molecule has 0 aromatic heterocycles. The predicted octanol–water partition coefficient (Wildman–Crippen LogP) is -0.460. The number of carboxylic acid groups (broad SMARTS) is 1. The van der Waals surface area contributed by atoms with Crippen molar-refractivity contribution in [3.63, 3.8) is 0 Å². The molecule has 0 aliphatic carbocycles. The third kappa shape index (κ3) is 2.30. The summed E-state index contributed by atoms with van der Waals surface area (Å²) in [5.74, 6) is -1.46.